The van der Waals surface area contributed by atoms with Crippen molar-refractivity contribution in [1.29, 1.82) is 0 Å². The quantitative estimate of drug-likeness (QED) is 0.849. The van der Waals surface area contributed by atoms with E-state index in [0.29, 0.717) is 11.6 Å². The molecule has 0 spiro atoms. The van der Waals surface area contributed by atoms with Crippen molar-refractivity contribution in [3.05, 3.63) is 30.3 Å². The molecule has 2 fully saturated rings. The lowest BCUT2D eigenvalue weighted by Crippen LogP contribution is -2.45. The largest absolute Gasteiger partial charge is 0.381 e. The van der Waals surface area contributed by atoms with Crippen LogP contribution in [0.15, 0.2) is 30.3 Å². The minimum atomic E-state index is -0.423. The first-order valence-corrected chi connectivity index (χ1v) is 7.42. The van der Waals surface area contributed by atoms with Crippen LogP contribution >= 0.6 is 0 Å². The fraction of sp³-hybridized carbons (Fsp3) is 0.500. The van der Waals surface area contributed by atoms with Gasteiger partial charge < -0.3 is 10.1 Å². The van der Waals surface area contributed by atoms with E-state index < -0.39 is 6.04 Å². The molecule has 21 heavy (non-hydrogen) atoms. The van der Waals surface area contributed by atoms with Gasteiger partial charge in [0.15, 0.2) is 0 Å². The molecule has 2 aliphatic heterocycles. The number of nitrogens with zero attached hydrogens (tertiary/aromatic N) is 1. The number of ether oxygens (including phenoxy) is 1. The average molecular weight is 288 g/mol. The van der Waals surface area contributed by atoms with Crippen molar-refractivity contribution >= 4 is 17.5 Å². The van der Waals surface area contributed by atoms with E-state index in [1.54, 1.807) is 12.1 Å². The van der Waals surface area contributed by atoms with Crippen LogP contribution in [0.2, 0.25) is 0 Å². The van der Waals surface area contributed by atoms with Crippen LogP contribution in [0.25, 0.3) is 0 Å². The smallest absolute Gasteiger partial charge is 0.251 e. The van der Waals surface area contributed by atoms with Crippen LogP contribution < -0.4 is 10.2 Å². The number of anilines is 1. The van der Waals surface area contributed by atoms with Crippen LogP contribution in [0.4, 0.5) is 5.69 Å². The molecule has 112 valence electrons. The molecule has 0 radical (unpaired) electrons. The molecule has 2 heterocycles. The predicted octanol–water partition coefficient (Wildman–Crippen LogP) is 1.33. The van der Waals surface area contributed by atoms with Gasteiger partial charge in [0, 0.05) is 12.6 Å². The van der Waals surface area contributed by atoms with Crippen molar-refractivity contribution in [2.75, 3.05) is 18.1 Å². The highest BCUT2D eigenvalue weighted by molar-refractivity contribution is 6.22. The summed E-state index contributed by atoms with van der Waals surface area (Å²) in [7, 11) is 0. The molecule has 3 unspecified atom stereocenters. The summed E-state index contributed by atoms with van der Waals surface area (Å²) in [5.41, 5.74) is 0.647. The van der Waals surface area contributed by atoms with Crippen LogP contribution in [0.3, 0.4) is 0 Å². The lowest BCUT2D eigenvalue weighted by Gasteiger charge is -2.22. The summed E-state index contributed by atoms with van der Waals surface area (Å²) in [5, 5.41) is 3.31. The van der Waals surface area contributed by atoms with E-state index in [9.17, 15) is 9.59 Å². The topological polar surface area (TPSA) is 58.6 Å². The molecule has 0 saturated carbocycles. The number of benzene rings is 1. The normalized spacial score (nSPS) is 27.4. The maximum Gasteiger partial charge on any atom is 0.251 e. The van der Waals surface area contributed by atoms with Gasteiger partial charge in [0.25, 0.3) is 5.91 Å². The molecule has 1 aromatic rings. The summed E-state index contributed by atoms with van der Waals surface area (Å²) in [5.74, 6) is 0.120. The molecule has 1 N–H and O–H groups in total. The summed E-state index contributed by atoms with van der Waals surface area (Å²) >= 11 is 0. The van der Waals surface area contributed by atoms with E-state index >= 15 is 0 Å². The summed E-state index contributed by atoms with van der Waals surface area (Å²) in [6, 6.07) is 8.84. The average Bonchev–Trinajstić information content (AvgIpc) is 3.09. The monoisotopic (exact) mass is 288 g/mol. The third-order valence-electron chi connectivity index (χ3n) is 4.30. The van der Waals surface area contributed by atoms with E-state index in [1.807, 2.05) is 18.2 Å². The third kappa shape index (κ3) is 2.84. The highest BCUT2D eigenvalue weighted by Gasteiger charge is 2.40. The SMILES string of the molecule is CC(NC1CC(=O)N(c2ccccc2)C1=O)C1CCOC1. The van der Waals surface area contributed by atoms with Crippen molar-refractivity contribution in [3.63, 3.8) is 0 Å². The molecule has 3 atom stereocenters. The van der Waals surface area contributed by atoms with Gasteiger partial charge in [-0.2, -0.15) is 0 Å². The first kappa shape index (κ1) is 14.2. The maximum absolute atomic E-state index is 12.5. The lowest BCUT2D eigenvalue weighted by molar-refractivity contribution is -0.121. The highest BCUT2D eigenvalue weighted by atomic mass is 16.5. The Balaban J connectivity index is 1.68. The summed E-state index contributed by atoms with van der Waals surface area (Å²) in [6.45, 7) is 3.57. The fourth-order valence-corrected chi connectivity index (χ4v) is 3.01. The number of carbonyl (C=O) groups excluding carboxylic acids is 2. The molecule has 5 nitrogen and oxygen atoms in total. The molecule has 1 aromatic carbocycles. The van der Waals surface area contributed by atoms with Crippen molar-refractivity contribution < 1.29 is 14.3 Å². The maximum atomic E-state index is 12.5. The number of hydrogen-bond donors (Lipinski definition) is 1. The number of imide groups is 1. The van der Waals surface area contributed by atoms with E-state index in [1.165, 1.54) is 4.90 Å². The molecular weight excluding hydrogens is 268 g/mol. The minimum Gasteiger partial charge on any atom is -0.381 e. The molecule has 3 rings (SSSR count). The van der Waals surface area contributed by atoms with Gasteiger partial charge in [0.05, 0.1) is 24.8 Å². The fourth-order valence-electron chi connectivity index (χ4n) is 3.01. The van der Waals surface area contributed by atoms with Gasteiger partial charge >= 0.3 is 0 Å². The predicted molar refractivity (Wildman–Crippen MR) is 78.9 cm³/mol. The zero-order valence-corrected chi connectivity index (χ0v) is 12.1. The Morgan fingerprint density at radius 3 is 2.71 bits per heavy atom. The second kappa shape index (κ2) is 5.95. The number of amides is 2. The van der Waals surface area contributed by atoms with Crippen molar-refractivity contribution in [1.82, 2.24) is 5.32 Å². The molecule has 0 bridgehead atoms. The van der Waals surface area contributed by atoms with Crippen molar-refractivity contribution in [3.8, 4) is 0 Å². The zero-order chi connectivity index (χ0) is 14.8. The molecule has 2 amide bonds. The molecule has 2 saturated heterocycles. The van der Waals surface area contributed by atoms with Crippen LogP contribution in [-0.4, -0.2) is 37.1 Å². The van der Waals surface area contributed by atoms with Crippen LogP contribution in [0.1, 0.15) is 19.8 Å². The van der Waals surface area contributed by atoms with Crippen molar-refractivity contribution in [2.45, 2.75) is 31.8 Å². The lowest BCUT2D eigenvalue weighted by atomic mass is 9.99. The summed E-state index contributed by atoms with van der Waals surface area (Å²) < 4.78 is 5.38. The molecule has 0 aliphatic carbocycles. The van der Waals surface area contributed by atoms with Gasteiger partial charge in [-0.05, 0) is 31.4 Å². The minimum absolute atomic E-state index is 0.140. The Morgan fingerprint density at radius 1 is 1.29 bits per heavy atom. The van der Waals surface area contributed by atoms with Gasteiger partial charge in [-0.15, -0.1) is 0 Å². The van der Waals surface area contributed by atoms with Gasteiger partial charge in [-0.1, -0.05) is 18.2 Å². The van der Waals surface area contributed by atoms with E-state index in [0.717, 1.165) is 19.6 Å². The van der Waals surface area contributed by atoms with Gasteiger partial charge in [0.2, 0.25) is 5.91 Å². The molecule has 5 heteroatoms. The zero-order valence-electron chi connectivity index (χ0n) is 12.1. The molecule has 0 aromatic heterocycles. The summed E-state index contributed by atoms with van der Waals surface area (Å²) in [4.78, 5) is 25.9. The van der Waals surface area contributed by atoms with Gasteiger partial charge in [-0.3, -0.25) is 9.59 Å². The van der Waals surface area contributed by atoms with E-state index in [4.69, 9.17) is 4.74 Å². The number of para-hydroxylation sites is 1. The van der Waals surface area contributed by atoms with Gasteiger partial charge in [0.1, 0.15) is 0 Å². The van der Waals surface area contributed by atoms with E-state index in [2.05, 4.69) is 12.2 Å². The number of rotatable bonds is 4. The van der Waals surface area contributed by atoms with E-state index in [-0.39, 0.29) is 24.3 Å². The Kier molecular flexibility index (Phi) is 4.03. The van der Waals surface area contributed by atoms with Crippen molar-refractivity contribution in [2.24, 2.45) is 5.92 Å². The first-order chi connectivity index (χ1) is 10.2. The second-order valence-corrected chi connectivity index (χ2v) is 5.74. The summed E-state index contributed by atoms with van der Waals surface area (Å²) in [6.07, 6.45) is 1.23. The van der Waals surface area contributed by atoms with Crippen LogP contribution in [0.5, 0.6) is 0 Å². The first-order valence-electron chi connectivity index (χ1n) is 7.42. The number of carbonyl (C=O) groups is 2. The highest BCUT2D eigenvalue weighted by Crippen LogP contribution is 2.24. The Hall–Kier alpha value is -1.72. The third-order valence-corrected chi connectivity index (χ3v) is 4.30. The second-order valence-electron chi connectivity index (χ2n) is 5.74. The molecule has 2 aliphatic rings. The Bertz CT molecular complexity index is 526. The van der Waals surface area contributed by atoms with Crippen LogP contribution in [0, 0.1) is 5.92 Å². The van der Waals surface area contributed by atoms with Gasteiger partial charge in [-0.25, -0.2) is 4.90 Å². The number of nitrogens with one attached hydrogen (secondary N) is 1. The standard InChI is InChI=1S/C16H20N2O3/c1-11(12-7-8-21-10-12)17-14-9-15(19)18(16(14)20)13-5-3-2-4-6-13/h2-6,11-12,14,17H,7-10H2,1H3. The molecular formula is C16H20N2O3. The number of hydrogen-bond acceptors (Lipinski definition) is 4. The Morgan fingerprint density at radius 2 is 2.05 bits per heavy atom. The Labute approximate surface area is 124 Å². The van der Waals surface area contributed by atoms with Crippen LogP contribution in [-0.2, 0) is 14.3 Å².